The van der Waals surface area contributed by atoms with Crippen LogP contribution in [0.1, 0.15) is 61.4 Å². The number of ether oxygens (including phenoxy) is 1. The van der Waals surface area contributed by atoms with Gasteiger partial charge in [-0.25, -0.2) is 0 Å². The molecule has 34 heavy (non-hydrogen) atoms. The van der Waals surface area contributed by atoms with Crippen LogP contribution in [0.4, 0.5) is 0 Å². The fourth-order valence-electron chi connectivity index (χ4n) is 6.38. The summed E-state index contributed by atoms with van der Waals surface area (Å²) in [6, 6.07) is 15.4. The molecule has 3 aliphatic rings. The van der Waals surface area contributed by atoms with Crippen molar-refractivity contribution in [1.82, 2.24) is 14.8 Å². The van der Waals surface area contributed by atoms with Crippen molar-refractivity contribution >= 4 is 22.7 Å². The van der Waals surface area contributed by atoms with E-state index >= 15 is 0 Å². The molecule has 1 aliphatic carbocycles. The third-order valence-electron chi connectivity index (χ3n) is 7.99. The van der Waals surface area contributed by atoms with Crippen LogP contribution in [-0.4, -0.2) is 52.3 Å². The number of aromatic amines is 1. The zero-order valence-electron chi connectivity index (χ0n) is 19.6. The Morgan fingerprint density at radius 3 is 2.47 bits per heavy atom. The molecule has 2 aliphatic heterocycles. The molecule has 1 aromatic heterocycles. The van der Waals surface area contributed by atoms with E-state index in [4.69, 9.17) is 4.74 Å². The summed E-state index contributed by atoms with van der Waals surface area (Å²) in [5.74, 6) is 0.848. The molecule has 3 heterocycles. The number of amides is 2. The molecule has 6 rings (SSSR count). The highest BCUT2D eigenvalue weighted by molar-refractivity contribution is 5.98. The Balaban J connectivity index is 1.49. The van der Waals surface area contributed by atoms with Gasteiger partial charge >= 0.3 is 0 Å². The SMILES string of the molecule is COc1ccccc1[C@@H]1c2[nH]c3ccccc3c2C[C@H]2C(=O)N(C3CCCCCC3)CC(=O)N12. The molecule has 0 bridgehead atoms. The van der Waals surface area contributed by atoms with Crippen molar-refractivity contribution in [2.75, 3.05) is 13.7 Å². The van der Waals surface area contributed by atoms with Crippen LogP contribution < -0.4 is 4.74 Å². The molecule has 1 N–H and O–H groups in total. The molecule has 2 aromatic carbocycles. The van der Waals surface area contributed by atoms with Gasteiger partial charge in [0.2, 0.25) is 11.8 Å². The van der Waals surface area contributed by atoms with E-state index in [1.807, 2.05) is 46.2 Å². The lowest BCUT2D eigenvalue weighted by Crippen LogP contribution is -2.64. The smallest absolute Gasteiger partial charge is 0.246 e. The van der Waals surface area contributed by atoms with Gasteiger partial charge in [0, 0.05) is 34.6 Å². The summed E-state index contributed by atoms with van der Waals surface area (Å²) < 4.78 is 5.71. The molecule has 6 nitrogen and oxygen atoms in total. The van der Waals surface area contributed by atoms with E-state index in [0.29, 0.717) is 6.42 Å². The Bertz CT molecular complexity index is 1240. The minimum Gasteiger partial charge on any atom is -0.496 e. The van der Waals surface area contributed by atoms with E-state index in [9.17, 15) is 9.59 Å². The summed E-state index contributed by atoms with van der Waals surface area (Å²) in [5.41, 5.74) is 4.07. The first-order valence-corrected chi connectivity index (χ1v) is 12.5. The number of para-hydroxylation sites is 2. The van der Waals surface area contributed by atoms with Crippen LogP contribution in [0, 0.1) is 0 Å². The highest BCUT2D eigenvalue weighted by Gasteiger charge is 2.49. The normalized spacial score (nSPS) is 23.6. The maximum Gasteiger partial charge on any atom is 0.246 e. The molecule has 6 heteroatoms. The monoisotopic (exact) mass is 457 g/mol. The summed E-state index contributed by atoms with van der Waals surface area (Å²) in [6.45, 7) is 0.168. The average molecular weight is 458 g/mol. The largest absolute Gasteiger partial charge is 0.496 e. The number of methoxy groups -OCH3 is 1. The standard InChI is InChI=1S/C28H31N3O3/c1-34-24-15-9-7-13-20(24)27-26-21(19-12-6-8-14-22(19)29-26)16-23-28(33)30(17-25(32)31(23)27)18-10-4-2-3-5-11-18/h6-9,12-15,18,23,27,29H,2-5,10-11,16-17H2,1H3/t23-,27+/m0/s1. The lowest BCUT2D eigenvalue weighted by molar-refractivity contribution is -0.161. The van der Waals surface area contributed by atoms with Gasteiger partial charge in [0.15, 0.2) is 0 Å². The Kier molecular flexibility index (Phi) is 5.31. The summed E-state index contributed by atoms with van der Waals surface area (Å²) in [6.07, 6.45) is 7.24. The molecule has 0 spiro atoms. The average Bonchev–Trinajstić information content (AvgIpc) is 3.03. The molecule has 1 saturated heterocycles. The number of nitrogens with one attached hydrogen (secondary N) is 1. The zero-order chi connectivity index (χ0) is 23.2. The molecule has 2 atom stereocenters. The lowest BCUT2D eigenvalue weighted by atomic mass is 9.85. The van der Waals surface area contributed by atoms with Crippen LogP contribution in [-0.2, 0) is 16.0 Å². The zero-order valence-corrected chi connectivity index (χ0v) is 19.6. The first kappa shape index (κ1) is 21.3. The van der Waals surface area contributed by atoms with Gasteiger partial charge in [-0.05, 0) is 30.5 Å². The van der Waals surface area contributed by atoms with E-state index in [1.54, 1.807) is 7.11 Å². The van der Waals surface area contributed by atoms with Crippen LogP contribution in [0.2, 0.25) is 0 Å². The van der Waals surface area contributed by atoms with Gasteiger partial charge in [0.25, 0.3) is 0 Å². The summed E-state index contributed by atoms with van der Waals surface area (Å²) >= 11 is 0. The van der Waals surface area contributed by atoms with Crippen molar-refractivity contribution in [1.29, 1.82) is 0 Å². The second-order valence-electron chi connectivity index (χ2n) is 9.84. The Morgan fingerprint density at radius 2 is 1.68 bits per heavy atom. The third-order valence-corrected chi connectivity index (χ3v) is 7.99. The van der Waals surface area contributed by atoms with Gasteiger partial charge in [0.1, 0.15) is 24.4 Å². The highest BCUT2D eigenvalue weighted by atomic mass is 16.5. The van der Waals surface area contributed by atoms with Crippen molar-refractivity contribution in [2.24, 2.45) is 0 Å². The fraction of sp³-hybridized carbons (Fsp3) is 0.429. The number of nitrogens with zero attached hydrogens (tertiary/aromatic N) is 2. The van der Waals surface area contributed by atoms with Gasteiger partial charge in [-0.1, -0.05) is 62.1 Å². The molecular formula is C28H31N3O3. The quantitative estimate of drug-likeness (QED) is 0.586. The number of benzene rings is 2. The highest BCUT2D eigenvalue weighted by Crippen LogP contribution is 2.45. The molecule has 2 fully saturated rings. The lowest BCUT2D eigenvalue weighted by Gasteiger charge is -2.48. The minimum atomic E-state index is -0.494. The number of fused-ring (bicyclic) bond motifs is 4. The van der Waals surface area contributed by atoms with Crippen LogP contribution in [0.3, 0.4) is 0 Å². The summed E-state index contributed by atoms with van der Waals surface area (Å²) in [7, 11) is 1.65. The van der Waals surface area contributed by atoms with Crippen molar-refractivity contribution in [2.45, 2.75) is 63.1 Å². The van der Waals surface area contributed by atoms with Crippen LogP contribution in [0.5, 0.6) is 5.75 Å². The Morgan fingerprint density at radius 1 is 0.941 bits per heavy atom. The van der Waals surface area contributed by atoms with Crippen LogP contribution >= 0.6 is 0 Å². The number of H-pyrrole nitrogens is 1. The molecular weight excluding hydrogens is 426 g/mol. The van der Waals surface area contributed by atoms with Crippen LogP contribution in [0.15, 0.2) is 48.5 Å². The van der Waals surface area contributed by atoms with Gasteiger partial charge < -0.3 is 19.5 Å². The molecule has 176 valence electrons. The summed E-state index contributed by atoms with van der Waals surface area (Å²) in [4.78, 5) is 35.1. The van der Waals surface area contributed by atoms with Crippen molar-refractivity contribution in [3.63, 3.8) is 0 Å². The number of piperazine rings is 1. The van der Waals surface area contributed by atoms with Crippen LogP contribution in [0.25, 0.3) is 10.9 Å². The molecule has 1 saturated carbocycles. The van der Waals surface area contributed by atoms with E-state index in [-0.39, 0.29) is 30.4 Å². The fourth-order valence-corrected chi connectivity index (χ4v) is 6.38. The maximum absolute atomic E-state index is 14.0. The molecule has 2 amide bonds. The summed E-state index contributed by atoms with van der Waals surface area (Å²) in [5, 5.41) is 1.13. The number of carbonyl (C=O) groups is 2. The molecule has 0 radical (unpaired) electrons. The van der Waals surface area contributed by atoms with E-state index < -0.39 is 6.04 Å². The first-order valence-electron chi connectivity index (χ1n) is 12.5. The topological polar surface area (TPSA) is 65.6 Å². The second kappa shape index (κ2) is 8.49. The predicted octanol–water partition coefficient (Wildman–Crippen LogP) is 4.58. The second-order valence-corrected chi connectivity index (χ2v) is 9.84. The van der Waals surface area contributed by atoms with E-state index in [2.05, 4.69) is 17.1 Å². The third kappa shape index (κ3) is 3.30. The van der Waals surface area contributed by atoms with E-state index in [0.717, 1.165) is 59.2 Å². The maximum atomic E-state index is 14.0. The van der Waals surface area contributed by atoms with Crippen molar-refractivity contribution in [3.8, 4) is 5.75 Å². The predicted molar refractivity (Wildman–Crippen MR) is 131 cm³/mol. The first-order chi connectivity index (χ1) is 16.7. The van der Waals surface area contributed by atoms with Gasteiger partial charge in [-0.2, -0.15) is 0 Å². The van der Waals surface area contributed by atoms with Gasteiger partial charge in [0.05, 0.1) is 7.11 Å². The number of rotatable bonds is 3. The van der Waals surface area contributed by atoms with Gasteiger partial charge in [-0.3, -0.25) is 9.59 Å². The Labute approximate surface area is 199 Å². The molecule has 3 aromatic rings. The molecule has 0 unspecified atom stereocenters. The Hall–Kier alpha value is -3.28. The number of hydrogen-bond donors (Lipinski definition) is 1. The van der Waals surface area contributed by atoms with Crippen molar-refractivity contribution in [3.05, 3.63) is 65.4 Å². The van der Waals surface area contributed by atoms with Gasteiger partial charge in [-0.15, -0.1) is 0 Å². The minimum absolute atomic E-state index is 0.0223. The number of carbonyl (C=O) groups excluding carboxylic acids is 2. The number of hydrogen-bond acceptors (Lipinski definition) is 3. The number of aromatic nitrogens is 1. The van der Waals surface area contributed by atoms with E-state index in [1.165, 1.54) is 12.8 Å². The van der Waals surface area contributed by atoms with Crippen molar-refractivity contribution < 1.29 is 14.3 Å².